The van der Waals surface area contributed by atoms with Crippen molar-refractivity contribution in [1.82, 2.24) is 15.2 Å². The lowest BCUT2D eigenvalue weighted by atomic mass is 9.92. The van der Waals surface area contributed by atoms with Crippen LogP contribution in [0.4, 0.5) is 5.82 Å². The van der Waals surface area contributed by atoms with Crippen LogP contribution in [0.5, 0.6) is 0 Å². The van der Waals surface area contributed by atoms with Gasteiger partial charge in [0.05, 0.1) is 0 Å². The molecule has 1 aromatic heterocycles. The van der Waals surface area contributed by atoms with Crippen molar-refractivity contribution in [2.45, 2.75) is 25.8 Å². The Kier molecular flexibility index (Phi) is 6.68. The van der Waals surface area contributed by atoms with Gasteiger partial charge in [0.1, 0.15) is 5.82 Å². The van der Waals surface area contributed by atoms with Crippen LogP contribution in [0.15, 0.2) is 22.8 Å². The normalized spacial score (nSPS) is 25.0. The van der Waals surface area contributed by atoms with Crippen molar-refractivity contribution in [2.24, 2.45) is 5.92 Å². The minimum Gasteiger partial charge on any atom is -0.353 e. The highest BCUT2D eigenvalue weighted by Crippen LogP contribution is 2.21. The van der Waals surface area contributed by atoms with Crippen LogP contribution in [0.25, 0.3) is 0 Å². The molecule has 2 fully saturated rings. The zero-order chi connectivity index (χ0) is 15.5. The fourth-order valence-corrected chi connectivity index (χ4v) is 3.56. The van der Waals surface area contributed by atoms with Crippen molar-refractivity contribution in [3.8, 4) is 0 Å². The molecule has 0 bridgehead atoms. The first kappa shape index (κ1) is 18.5. The first-order valence-corrected chi connectivity index (χ1v) is 8.81. The molecule has 2 saturated heterocycles. The summed E-state index contributed by atoms with van der Waals surface area (Å²) < 4.78 is 0.991. The van der Waals surface area contributed by atoms with Gasteiger partial charge in [-0.05, 0) is 54.4 Å². The van der Waals surface area contributed by atoms with E-state index >= 15 is 0 Å². The van der Waals surface area contributed by atoms with Crippen LogP contribution >= 0.6 is 28.3 Å². The van der Waals surface area contributed by atoms with Crippen molar-refractivity contribution in [3.05, 3.63) is 22.8 Å². The van der Waals surface area contributed by atoms with Crippen LogP contribution < -0.4 is 10.2 Å². The number of rotatable bonds is 2. The molecule has 128 valence electrons. The molecular formula is C16H24BrClN4O. The Hall–Kier alpha value is -0.850. The van der Waals surface area contributed by atoms with Crippen LogP contribution in [-0.2, 0) is 4.79 Å². The topological polar surface area (TPSA) is 48.5 Å². The van der Waals surface area contributed by atoms with Gasteiger partial charge in [0.15, 0.2) is 0 Å². The van der Waals surface area contributed by atoms with Gasteiger partial charge >= 0.3 is 0 Å². The number of carbonyl (C=O) groups excluding carboxylic acids is 1. The number of carbonyl (C=O) groups is 1. The van der Waals surface area contributed by atoms with Crippen LogP contribution in [-0.4, -0.2) is 54.6 Å². The summed E-state index contributed by atoms with van der Waals surface area (Å²) in [6.45, 7) is 6.45. The molecule has 1 N–H and O–H groups in total. The van der Waals surface area contributed by atoms with E-state index in [2.05, 4.69) is 38.1 Å². The van der Waals surface area contributed by atoms with Crippen LogP contribution in [0.3, 0.4) is 0 Å². The number of aromatic nitrogens is 1. The van der Waals surface area contributed by atoms with Crippen LogP contribution in [0.2, 0.25) is 0 Å². The average Bonchev–Trinajstić information content (AvgIpc) is 2.55. The van der Waals surface area contributed by atoms with E-state index in [0.717, 1.165) is 55.9 Å². The summed E-state index contributed by atoms with van der Waals surface area (Å²) in [6.07, 6.45) is 3.76. The van der Waals surface area contributed by atoms with Gasteiger partial charge < -0.3 is 15.1 Å². The molecule has 1 amide bonds. The molecule has 0 aliphatic carbocycles. The minimum absolute atomic E-state index is 0. The van der Waals surface area contributed by atoms with Crippen molar-refractivity contribution < 1.29 is 4.79 Å². The number of pyridine rings is 1. The predicted octanol–water partition coefficient (Wildman–Crippen LogP) is 2.30. The highest BCUT2D eigenvalue weighted by atomic mass is 79.9. The molecule has 3 heterocycles. The van der Waals surface area contributed by atoms with Gasteiger partial charge in [0, 0.05) is 48.8 Å². The van der Waals surface area contributed by atoms with E-state index in [-0.39, 0.29) is 18.3 Å². The van der Waals surface area contributed by atoms with Crippen molar-refractivity contribution in [3.63, 3.8) is 0 Å². The fourth-order valence-electron chi connectivity index (χ4n) is 3.33. The molecular weight excluding hydrogens is 380 g/mol. The number of nitrogens with zero attached hydrogens (tertiary/aromatic N) is 3. The van der Waals surface area contributed by atoms with Crippen LogP contribution in [0, 0.1) is 5.92 Å². The van der Waals surface area contributed by atoms with E-state index < -0.39 is 0 Å². The van der Waals surface area contributed by atoms with E-state index in [1.807, 2.05) is 23.2 Å². The molecule has 1 aromatic rings. The lowest BCUT2D eigenvalue weighted by molar-refractivity contribution is -0.137. The molecule has 0 radical (unpaired) electrons. The number of piperidine rings is 1. The Bertz CT molecular complexity index is 519. The summed E-state index contributed by atoms with van der Waals surface area (Å²) in [5, 5.41) is 3.41. The van der Waals surface area contributed by atoms with E-state index in [9.17, 15) is 4.79 Å². The lowest BCUT2D eigenvalue weighted by Crippen LogP contribution is -2.52. The first-order valence-electron chi connectivity index (χ1n) is 8.02. The summed E-state index contributed by atoms with van der Waals surface area (Å²) in [4.78, 5) is 21.4. The summed E-state index contributed by atoms with van der Waals surface area (Å²) in [7, 11) is 0. The number of hydrogen-bond acceptors (Lipinski definition) is 4. The first-order chi connectivity index (χ1) is 10.6. The molecule has 2 aliphatic rings. The predicted molar refractivity (Wildman–Crippen MR) is 98.2 cm³/mol. The molecule has 3 rings (SSSR count). The van der Waals surface area contributed by atoms with E-state index in [4.69, 9.17) is 0 Å². The SMILES string of the molecule is C[C@H]1C[C@@H](C(=O)N2CCN(c3ccc(Br)cn3)CC2)CCN1.Cl. The largest absolute Gasteiger partial charge is 0.353 e. The Balaban J connectivity index is 0.00000192. The molecule has 2 aliphatic heterocycles. The summed E-state index contributed by atoms with van der Waals surface area (Å²) in [5.74, 6) is 1.54. The van der Waals surface area contributed by atoms with Crippen LogP contribution in [0.1, 0.15) is 19.8 Å². The number of nitrogens with one attached hydrogen (secondary N) is 1. The van der Waals surface area contributed by atoms with Gasteiger partial charge in [0.25, 0.3) is 0 Å². The van der Waals surface area contributed by atoms with Gasteiger partial charge in [-0.2, -0.15) is 0 Å². The Morgan fingerprint density at radius 2 is 2.04 bits per heavy atom. The molecule has 7 heteroatoms. The van der Waals surface area contributed by atoms with Gasteiger partial charge in [-0.1, -0.05) is 0 Å². The van der Waals surface area contributed by atoms with Crippen molar-refractivity contribution in [1.29, 1.82) is 0 Å². The Morgan fingerprint density at radius 1 is 1.30 bits per heavy atom. The zero-order valence-corrected chi connectivity index (χ0v) is 15.8. The highest BCUT2D eigenvalue weighted by Gasteiger charge is 2.30. The van der Waals surface area contributed by atoms with Gasteiger partial charge in [-0.15, -0.1) is 12.4 Å². The van der Waals surface area contributed by atoms with E-state index in [1.54, 1.807) is 0 Å². The lowest BCUT2D eigenvalue weighted by Gasteiger charge is -2.38. The maximum Gasteiger partial charge on any atom is 0.225 e. The molecule has 5 nitrogen and oxygen atoms in total. The highest BCUT2D eigenvalue weighted by molar-refractivity contribution is 9.10. The van der Waals surface area contributed by atoms with Crippen molar-refractivity contribution in [2.75, 3.05) is 37.6 Å². The number of anilines is 1. The number of amides is 1. The van der Waals surface area contributed by atoms with Gasteiger partial charge in [0.2, 0.25) is 5.91 Å². The second-order valence-electron chi connectivity index (χ2n) is 6.22. The molecule has 0 saturated carbocycles. The standard InChI is InChI=1S/C16H23BrN4O.ClH/c1-12-10-13(4-5-18-12)16(22)21-8-6-20(7-9-21)15-3-2-14(17)11-19-15;/h2-3,11-13,18H,4-10H2,1H3;1H/t12-,13-;/m0./s1. The maximum atomic E-state index is 12.6. The molecule has 23 heavy (non-hydrogen) atoms. The maximum absolute atomic E-state index is 12.6. The molecule has 0 aromatic carbocycles. The Labute approximate surface area is 152 Å². The second-order valence-corrected chi connectivity index (χ2v) is 7.14. The number of hydrogen-bond donors (Lipinski definition) is 1. The number of halogens is 2. The van der Waals surface area contributed by atoms with Gasteiger partial charge in [-0.3, -0.25) is 4.79 Å². The molecule has 2 atom stereocenters. The van der Waals surface area contributed by atoms with E-state index in [1.165, 1.54) is 0 Å². The number of piperazine rings is 1. The third-order valence-electron chi connectivity index (χ3n) is 4.60. The average molecular weight is 404 g/mol. The van der Waals surface area contributed by atoms with Crippen molar-refractivity contribution >= 4 is 40.1 Å². The smallest absolute Gasteiger partial charge is 0.225 e. The summed E-state index contributed by atoms with van der Waals surface area (Å²) in [5.41, 5.74) is 0. The quantitative estimate of drug-likeness (QED) is 0.823. The Morgan fingerprint density at radius 3 is 2.65 bits per heavy atom. The zero-order valence-electron chi connectivity index (χ0n) is 13.4. The fraction of sp³-hybridized carbons (Fsp3) is 0.625. The molecule has 0 spiro atoms. The minimum atomic E-state index is 0. The van der Waals surface area contributed by atoms with E-state index in [0.29, 0.717) is 11.9 Å². The van der Waals surface area contributed by atoms with Gasteiger partial charge in [-0.25, -0.2) is 4.98 Å². The third-order valence-corrected chi connectivity index (χ3v) is 5.07. The summed E-state index contributed by atoms with van der Waals surface area (Å²) in [6, 6.07) is 4.49. The molecule has 0 unspecified atom stereocenters. The third kappa shape index (κ3) is 4.58. The monoisotopic (exact) mass is 402 g/mol. The second kappa shape index (κ2) is 8.31. The summed E-state index contributed by atoms with van der Waals surface area (Å²) >= 11 is 3.41.